The molecule has 0 spiro atoms. The molecule has 0 unspecified atom stereocenters. The van der Waals surface area contributed by atoms with Gasteiger partial charge in [-0.15, -0.1) is 0 Å². The number of carbonyl (C=O) groups is 2. The maximum Gasteiger partial charge on any atom is 0.251 e. The minimum atomic E-state index is -0.229. The highest BCUT2D eigenvalue weighted by molar-refractivity contribution is 5.98. The third-order valence-corrected chi connectivity index (χ3v) is 3.81. The fourth-order valence-electron chi connectivity index (χ4n) is 2.73. The predicted octanol–water partition coefficient (Wildman–Crippen LogP) is 2.25. The summed E-state index contributed by atoms with van der Waals surface area (Å²) in [7, 11) is 0. The standard InChI is InChI=1S/C17H15NO3/c19-15-8-4-7-14-13(15)9-10-17(21)18(14)11-16(20)12-5-2-1-3-6-12/h1-3,5-6,9-10H,4,7-8,11H2. The molecule has 0 aliphatic heterocycles. The fourth-order valence-corrected chi connectivity index (χ4v) is 2.73. The molecule has 0 saturated heterocycles. The van der Waals surface area contributed by atoms with Gasteiger partial charge >= 0.3 is 0 Å². The van der Waals surface area contributed by atoms with Gasteiger partial charge in [0.05, 0.1) is 6.54 Å². The average molecular weight is 281 g/mol. The van der Waals surface area contributed by atoms with Crippen molar-refractivity contribution in [2.24, 2.45) is 0 Å². The third-order valence-electron chi connectivity index (χ3n) is 3.81. The maximum absolute atomic E-state index is 12.3. The molecule has 1 aromatic carbocycles. The van der Waals surface area contributed by atoms with E-state index in [0.717, 1.165) is 6.42 Å². The van der Waals surface area contributed by atoms with Crippen LogP contribution in [-0.2, 0) is 13.0 Å². The zero-order valence-corrected chi connectivity index (χ0v) is 11.5. The molecule has 0 N–H and O–H groups in total. The van der Waals surface area contributed by atoms with Gasteiger partial charge in [0, 0.05) is 29.3 Å². The molecule has 0 atom stereocenters. The molecule has 21 heavy (non-hydrogen) atoms. The summed E-state index contributed by atoms with van der Waals surface area (Å²) < 4.78 is 1.45. The van der Waals surface area contributed by atoms with E-state index in [1.807, 2.05) is 6.07 Å². The number of rotatable bonds is 3. The first-order chi connectivity index (χ1) is 10.2. The van der Waals surface area contributed by atoms with Crippen LogP contribution in [0.25, 0.3) is 0 Å². The summed E-state index contributed by atoms with van der Waals surface area (Å²) in [5.41, 5.74) is 1.63. The summed E-state index contributed by atoms with van der Waals surface area (Å²) >= 11 is 0. The zero-order valence-electron chi connectivity index (χ0n) is 11.5. The van der Waals surface area contributed by atoms with Gasteiger partial charge in [-0.2, -0.15) is 0 Å². The molecule has 1 aliphatic rings. The number of Topliss-reactive ketones (excluding diaryl/α,β-unsaturated/α-hetero) is 2. The van der Waals surface area contributed by atoms with E-state index in [-0.39, 0.29) is 23.7 Å². The molecule has 1 aliphatic carbocycles. The van der Waals surface area contributed by atoms with Crippen LogP contribution >= 0.6 is 0 Å². The average Bonchev–Trinajstić information content (AvgIpc) is 2.51. The number of pyridine rings is 1. The SMILES string of the molecule is O=C(Cn1c2c(ccc1=O)C(=O)CCC2)c1ccccc1. The minimum absolute atomic E-state index is 0.0146. The molecule has 2 aromatic rings. The molecular weight excluding hydrogens is 266 g/mol. The van der Waals surface area contributed by atoms with Crippen molar-refractivity contribution in [2.45, 2.75) is 25.8 Å². The minimum Gasteiger partial charge on any atom is -0.304 e. The van der Waals surface area contributed by atoms with Gasteiger partial charge in [-0.25, -0.2) is 0 Å². The summed E-state index contributed by atoms with van der Waals surface area (Å²) in [6.45, 7) is -0.0146. The highest BCUT2D eigenvalue weighted by Gasteiger charge is 2.21. The molecule has 4 nitrogen and oxygen atoms in total. The Morgan fingerprint density at radius 2 is 1.76 bits per heavy atom. The largest absolute Gasteiger partial charge is 0.304 e. The fraction of sp³-hybridized carbons (Fsp3) is 0.235. The molecule has 0 fully saturated rings. The van der Waals surface area contributed by atoms with Gasteiger partial charge in [0.15, 0.2) is 11.6 Å². The van der Waals surface area contributed by atoms with E-state index in [0.29, 0.717) is 29.7 Å². The van der Waals surface area contributed by atoms with E-state index in [1.165, 1.54) is 10.6 Å². The molecular formula is C17H15NO3. The summed E-state index contributed by atoms with van der Waals surface area (Å²) in [4.78, 5) is 36.3. The van der Waals surface area contributed by atoms with Crippen molar-refractivity contribution < 1.29 is 9.59 Å². The lowest BCUT2D eigenvalue weighted by atomic mass is 9.94. The lowest BCUT2D eigenvalue weighted by Crippen LogP contribution is -2.30. The van der Waals surface area contributed by atoms with Crippen molar-refractivity contribution in [1.82, 2.24) is 4.57 Å². The van der Waals surface area contributed by atoms with E-state index < -0.39 is 0 Å². The van der Waals surface area contributed by atoms with Crippen molar-refractivity contribution in [3.05, 3.63) is 69.6 Å². The van der Waals surface area contributed by atoms with E-state index in [4.69, 9.17) is 0 Å². The van der Waals surface area contributed by atoms with Crippen LogP contribution in [0, 0.1) is 0 Å². The Bertz CT molecular complexity index is 759. The number of hydrogen-bond donors (Lipinski definition) is 0. The van der Waals surface area contributed by atoms with Crippen molar-refractivity contribution in [3.63, 3.8) is 0 Å². The second kappa shape index (κ2) is 5.48. The highest BCUT2D eigenvalue weighted by atomic mass is 16.1. The van der Waals surface area contributed by atoms with Gasteiger partial charge in [0.1, 0.15) is 0 Å². The van der Waals surface area contributed by atoms with Crippen LogP contribution in [0.3, 0.4) is 0 Å². The monoisotopic (exact) mass is 281 g/mol. The van der Waals surface area contributed by atoms with Crippen molar-refractivity contribution in [1.29, 1.82) is 0 Å². The van der Waals surface area contributed by atoms with Gasteiger partial charge in [0.25, 0.3) is 5.56 Å². The maximum atomic E-state index is 12.3. The summed E-state index contributed by atoms with van der Waals surface area (Å²) in [5, 5.41) is 0. The van der Waals surface area contributed by atoms with Gasteiger partial charge in [-0.05, 0) is 18.9 Å². The Morgan fingerprint density at radius 3 is 2.52 bits per heavy atom. The van der Waals surface area contributed by atoms with Crippen LogP contribution in [0.5, 0.6) is 0 Å². The number of carbonyl (C=O) groups excluding carboxylic acids is 2. The van der Waals surface area contributed by atoms with Crippen molar-refractivity contribution >= 4 is 11.6 Å². The smallest absolute Gasteiger partial charge is 0.251 e. The molecule has 106 valence electrons. The first-order valence-corrected chi connectivity index (χ1v) is 7.01. The normalized spacial score (nSPS) is 13.8. The first kappa shape index (κ1) is 13.5. The Morgan fingerprint density at radius 1 is 1.00 bits per heavy atom. The van der Waals surface area contributed by atoms with Crippen molar-refractivity contribution in [3.8, 4) is 0 Å². The van der Waals surface area contributed by atoms with E-state index >= 15 is 0 Å². The molecule has 4 heteroatoms. The van der Waals surface area contributed by atoms with Crippen LogP contribution in [0.15, 0.2) is 47.3 Å². The van der Waals surface area contributed by atoms with Crippen LogP contribution in [0.2, 0.25) is 0 Å². The van der Waals surface area contributed by atoms with E-state index in [1.54, 1.807) is 30.3 Å². The second-order valence-electron chi connectivity index (χ2n) is 5.18. The molecule has 0 amide bonds. The van der Waals surface area contributed by atoms with Crippen LogP contribution in [-0.4, -0.2) is 16.1 Å². The van der Waals surface area contributed by atoms with Gasteiger partial charge in [-0.3, -0.25) is 14.4 Å². The molecule has 1 aromatic heterocycles. The third kappa shape index (κ3) is 2.57. The van der Waals surface area contributed by atoms with E-state index in [2.05, 4.69) is 0 Å². The first-order valence-electron chi connectivity index (χ1n) is 7.01. The molecule has 3 rings (SSSR count). The van der Waals surface area contributed by atoms with Gasteiger partial charge < -0.3 is 4.57 Å². The molecule has 0 saturated carbocycles. The summed E-state index contributed by atoms with van der Waals surface area (Å²) in [6, 6.07) is 11.8. The number of nitrogens with zero attached hydrogens (tertiary/aromatic N) is 1. The number of fused-ring (bicyclic) bond motifs is 1. The quantitative estimate of drug-likeness (QED) is 0.811. The lowest BCUT2D eigenvalue weighted by molar-refractivity contribution is 0.0950. The Hall–Kier alpha value is -2.49. The Balaban J connectivity index is 1.99. The molecule has 0 radical (unpaired) electrons. The Labute approximate surface area is 122 Å². The van der Waals surface area contributed by atoms with Crippen LogP contribution < -0.4 is 5.56 Å². The van der Waals surface area contributed by atoms with Crippen LogP contribution in [0.1, 0.15) is 39.3 Å². The van der Waals surface area contributed by atoms with E-state index in [9.17, 15) is 14.4 Å². The molecule has 1 heterocycles. The summed E-state index contributed by atoms with van der Waals surface area (Å²) in [5.74, 6) is -0.0683. The number of hydrogen-bond acceptors (Lipinski definition) is 3. The molecule has 0 bridgehead atoms. The van der Waals surface area contributed by atoms with Gasteiger partial charge in [0.2, 0.25) is 0 Å². The topological polar surface area (TPSA) is 56.1 Å². The van der Waals surface area contributed by atoms with Crippen molar-refractivity contribution in [2.75, 3.05) is 0 Å². The lowest BCUT2D eigenvalue weighted by Gasteiger charge is -2.19. The number of benzene rings is 1. The number of aromatic nitrogens is 1. The summed E-state index contributed by atoms with van der Waals surface area (Å²) in [6.07, 6.45) is 1.91. The van der Waals surface area contributed by atoms with Gasteiger partial charge in [-0.1, -0.05) is 30.3 Å². The Kier molecular flexibility index (Phi) is 3.52. The van der Waals surface area contributed by atoms with Crippen LogP contribution in [0.4, 0.5) is 0 Å². The second-order valence-corrected chi connectivity index (χ2v) is 5.18. The highest BCUT2D eigenvalue weighted by Crippen LogP contribution is 2.20. The number of ketones is 2. The zero-order chi connectivity index (χ0) is 14.8. The predicted molar refractivity (Wildman–Crippen MR) is 78.7 cm³/mol.